The minimum absolute atomic E-state index is 0.00336. The first-order chi connectivity index (χ1) is 15.0. The average Bonchev–Trinajstić information content (AvgIpc) is 3.25. The van der Waals surface area contributed by atoms with Gasteiger partial charge in [-0.1, -0.05) is 24.3 Å². The Labute approximate surface area is 180 Å². The van der Waals surface area contributed by atoms with Crippen LogP contribution < -0.4 is 14.2 Å². The predicted molar refractivity (Wildman–Crippen MR) is 113 cm³/mol. The van der Waals surface area contributed by atoms with Gasteiger partial charge in [-0.3, -0.25) is 10.1 Å². The van der Waals surface area contributed by atoms with Gasteiger partial charge in [-0.05, 0) is 29.8 Å². The number of ether oxygens (including phenoxy) is 4. The summed E-state index contributed by atoms with van der Waals surface area (Å²) in [5.74, 6) is 1.36. The Kier molecular flexibility index (Phi) is 7.53. The van der Waals surface area contributed by atoms with Crippen molar-refractivity contribution < 1.29 is 28.7 Å². The summed E-state index contributed by atoms with van der Waals surface area (Å²) >= 11 is 0. The van der Waals surface area contributed by atoms with E-state index in [1.165, 1.54) is 19.1 Å². The molecule has 2 atom stereocenters. The van der Waals surface area contributed by atoms with Crippen LogP contribution in [0.3, 0.4) is 0 Å². The van der Waals surface area contributed by atoms with E-state index in [2.05, 4.69) is 0 Å². The number of hydrogen-bond donors (Lipinski definition) is 0. The number of hydrogen-bond acceptors (Lipinski definition) is 7. The number of amides is 1. The fourth-order valence-corrected chi connectivity index (χ4v) is 3.59. The third-order valence-electron chi connectivity index (χ3n) is 5.17. The molecule has 9 nitrogen and oxygen atoms in total. The Bertz CT molecular complexity index is 891. The quantitative estimate of drug-likeness (QED) is 0.342. The van der Waals surface area contributed by atoms with Gasteiger partial charge in [-0.15, -0.1) is 0 Å². The highest BCUT2D eigenvalue weighted by atomic mass is 16.6. The molecule has 0 aromatic heterocycles. The van der Waals surface area contributed by atoms with Crippen molar-refractivity contribution in [3.8, 4) is 17.2 Å². The fourth-order valence-electron chi connectivity index (χ4n) is 3.59. The molecule has 0 N–H and O–H groups in total. The number of carbonyl (C=O) groups is 1. The van der Waals surface area contributed by atoms with Gasteiger partial charge in [-0.25, -0.2) is 4.79 Å². The van der Waals surface area contributed by atoms with E-state index in [4.69, 9.17) is 18.9 Å². The van der Waals surface area contributed by atoms with E-state index in [0.717, 1.165) is 5.75 Å². The molecular formula is C22H26N2O7. The van der Waals surface area contributed by atoms with Crippen LogP contribution in [0.15, 0.2) is 48.5 Å². The van der Waals surface area contributed by atoms with E-state index in [1.807, 2.05) is 30.3 Å². The Hall–Kier alpha value is -3.49. The average molecular weight is 430 g/mol. The molecular weight excluding hydrogens is 404 g/mol. The van der Waals surface area contributed by atoms with E-state index in [-0.39, 0.29) is 18.0 Å². The predicted octanol–water partition coefficient (Wildman–Crippen LogP) is 3.35. The van der Waals surface area contributed by atoms with Crippen LogP contribution in [0.1, 0.15) is 17.9 Å². The zero-order valence-corrected chi connectivity index (χ0v) is 17.6. The van der Waals surface area contributed by atoms with Crippen LogP contribution in [0.5, 0.6) is 17.2 Å². The summed E-state index contributed by atoms with van der Waals surface area (Å²) < 4.78 is 21.6. The first kappa shape index (κ1) is 22.2. The topological polar surface area (TPSA) is 100 Å². The monoisotopic (exact) mass is 430 g/mol. The van der Waals surface area contributed by atoms with E-state index < -0.39 is 18.1 Å². The first-order valence-corrected chi connectivity index (χ1v) is 9.98. The van der Waals surface area contributed by atoms with Crippen molar-refractivity contribution in [1.29, 1.82) is 0 Å². The number of likely N-dealkylation sites (tertiary alicyclic amines) is 1. The van der Waals surface area contributed by atoms with Gasteiger partial charge < -0.3 is 23.8 Å². The summed E-state index contributed by atoms with van der Waals surface area (Å²) in [7, 11) is 2.80. The number of nitrogens with zero attached hydrogens (tertiary/aromatic N) is 2. The molecule has 0 bridgehead atoms. The van der Waals surface area contributed by atoms with Crippen molar-refractivity contribution in [2.24, 2.45) is 0 Å². The molecule has 1 heterocycles. The number of nitro groups is 1. The molecule has 0 spiro atoms. The molecule has 1 aliphatic heterocycles. The molecule has 31 heavy (non-hydrogen) atoms. The summed E-state index contributed by atoms with van der Waals surface area (Å²) in [5, 5.41) is 11.6. The van der Waals surface area contributed by atoms with Gasteiger partial charge in [0.25, 0.3) is 0 Å². The minimum atomic E-state index is -0.917. The van der Waals surface area contributed by atoms with E-state index in [0.29, 0.717) is 36.7 Å². The fraction of sp³-hybridized carbons (Fsp3) is 0.409. The van der Waals surface area contributed by atoms with Gasteiger partial charge >= 0.3 is 6.09 Å². The minimum Gasteiger partial charge on any atom is -0.493 e. The number of para-hydroxylation sites is 1. The van der Waals surface area contributed by atoms with Crippen molar-refractivity contribution >= 4 is 6.09 Å². The molecule has 166 valence electrons. The van der Waals surface area contributed by atoms with Crippen LogP contribution in [-0.2, 0) is 4.74 Å². The van der Waals surface area contributed by atoms with Crippen molar-refractivity contribution in [2.75, 3.05) is 40.5 Å². The van der Waals surface area contributed by atoms with Gasteiger partial charge in [0.1, 0.15) is 5.75 Å². The SMILES string of the molecule is COC(=O)N1C[C@H](c2ccc(OC)c(OCCCOc3ccccc3)c2)[C@@H]([N+](=O)[O-])C1. The summed E-state index contributed by atoms with van der Waals surface area (Å²) in [6, 6.07) is 13.8. The third kappa shape index (κ3) is 5.56. The molecule has 1 aliphatic rings. The zero-order valence-electron chi connectivity index (χ0n) is 17.6. The van der Waals surface area contributed by atoms with Crippen molar-refractivity contribution in [3.05, 3.63) is 64.2 Å². The maximum Gasteiger partial charge on any atom is 0.409 e. The Morgan fingerprint density at radius 3 is 2.48 bits per heavy atom. The van der Waals surface area contributed by atoms with Crippen molar-refractivity contribution in [2.45, 2.75) is 18.4 Å². The van der Waals surface area contributed by atoms with Gasteiger partial charge in [0.15, 0.2) is 11.5 Å². The molecule has 9 heteroatoms. The largest absolute Gasteiger partial charge is 0.493 e. The second kappa shape index (κ2) is 10.5. The van der Waals surface area contributed by atoms with Crippen molar-refractivity contribution in [3.63, 3.8) is 0 Å². The molecule has 3 rings (SSSR count). The molecule has 2 aromatic rings. The van der Waals surface area contributed by atoms with E-state index in [9.17, 15) is 14.9 Å². The molecule has 0 radical (unpaired) electrons. The third-order valence-corrected chi connectivity index (χ3v) is 5.17. The van der Waals surface area contributed by atoms with Gasteiger partial charge in [0.2, 0.25) is 6.04 Å². The molecule has 0 aliphatic carbocycles. The zero-order chi connectivity index (χ0) is 22.2. The highest BCUT2D eigenvalue weighted by molar-refractivity contribution is 5.68. The maximum absolute atomic E-state index is 11.9. The number of benzene rings is 2. The first-order valence-electron chi connectivity index (χ1n) is 9.98. The second-order valence-corrected chi connectivity index (χ2v) is 7.11. The molecule has 1 amide bonds. The smallest absolute Gasteiger partial charge is 0.409 e. The lowest BCUT2D eigenvalue weighted by atomic mass is 9.94. The number of methoxy groups -OCH3 is 2. The lowest BCUT2D eigenvalue weighted by molar-refractivity contribution is -0.520. The van der Waals surface area contributed by atoms with Crippen molar-refractivity contribution in [1.82, 2.24) is 4.90 Å². The van der Waals surface area contributed by atoms with Crippen LogP contribution in [-0.4, -0.2) is 62.5 Å². The van der Waals surface area contributed by atoms with Crippen LogP contribution >= 0.6 is 0 Å². The summed E-state index contributed by atoms with van der Waals surface area (Å²) in [4.78, 5) is 24.4. The Morgan fingerprint density at radius 1 is 1.06 bits per heavy atom. The Morgan fingerprint density at radius 2 is 1.81 bits per heavy atom. The second-order valence-electron chi connectivity index (χ2n) is 7.11. The molecule has 2 aromatic carbocycles. The van der Waals surface area contributed by atoms with Crippen LogP contribution in [0, 0.1) is 10.1 Å². The number of rotatable bonds is 9. The van der Waals surface area contributed by atoms with Gasteiger partial charge in [0, 0.05) is 17.9 Å². The molecule has 1 fully saturated rings. The van der Waals surface area contributed by atoms with Crippen LogP contribution in [0.25, 0.3) is 0 Å². The Balaban J connectivity index is 1.65. The molecule has 1 saturated heterocycles. The lowest BCUT2D eigenvalue weighted by Gasteiger charge is -2.17. The van der Waals surface area contributed by atoms with Gasteiger partial charge in [0.05, 0.1) is 39.9 Å². The maximum atomic E-state index is 11.9. The number of carbonyl (C=O) groups excluding carboxylic acids is 1. The highest BCUT2D eigenvalue weighted by Gasteiger charge is 2.44. The lowest BCUT2D eigenvalue weighted by Crippen LogP contribution is -2.31. The van der Waals surface area contributed by atoms with E-state index in [1.54, 1.807) is 18.2 Å². The summed E-state index contributed by atoms with van der Waals surface area (Å²) in [6.07, 6.45) is 0.0806. The highest BCUT2D eigenvalue weighted by Crippen LogP contribution is 2.36. The summed E-state index contributed by atoms with van der Waals surface area (Å²) in [5.41, 5.74) is 0.712. The van der Waals surface area contributed by atoms with E-state index >= 15 is 0 Å². The van der Waals surface area contributed by atoms with Crippen LogP contribution in [0.2, 0.25) is 0 Å². The van der Waals surface area contributed by atoms with Gasteiger partial charge in [-0.2, -0.15) is 0 Å². The summed E-state index contributed by atoms with van der Waals surface area (Å²) in [6.45, 7) is 1.09. The molecule has 0 saturated carbocycles. The molecule has 0 unspecified atom stereocenters. The standard InChI is InChI=1S/C22H26N2O7/c1-28-20-10-9-16(18-14-23(22(25)29-2)15-19(18)24(26)27)13-21(20)31-12-6-11-30-17-7-4-3-5-8-17/h3-5,7-10,13,18-19H,6,11-12,14-15H2,1-2H3/t18-,19+/m1/s1. The normalized spacial score (nSPS) is 17.8. The van der Waals surface area contributed by atoms with Crippen LogP contribution in [0.4, 0.5) is 4.79 Å².